The third-order valence-electron chi connectivity index (χ3n) is 3.66. The first kappa shape index (κ1) is 16.1. The van der Waals surface area contributed by atoms with Gasteiger partial charge in [0.1, 0.15) is 15.6 Å². The minimum Gasteiger partial charge on any atom is -0.506 e. The summed E-state index contributed by atoms with van der Waals surface area (Å²) in [6.07, 6.45) is 0.897. The monoisotopic (exact) mass is 333 g/mol. The second kappa shape index (κ2) is 5.84. The van der Waals surface area contributed by atoms with Crippen LogP contribution < -0.4 is 4.72 Å². The summed E-state index contributed by atoms with van der Waals surface area (Å²) in [5.74, 6) is -0.363. The van der Waals surface area contributed by atoms with Gasteiger partial charge in [-0.05, 0) is 37.0 Å². The van der Waals surface area contributed by atoms with Crippen molar-refractivity contribution < 1.29 is 21.9 Å². The highest BCUT2D eigenvalue weighted by Crippen LogP contribution is 2.28. The van der Waals surface area contributed by atoms with E-state index in [0.29, 0.717) is 0 Å². The lowest BCUT2D eigenvalue weighted by Crippen LogP contribution is -2.36. The summed E-state index contributed by atoms with van der Waals surface area (Å²) in [6.45, 7) is 1.93. The van der Waals surface area contributed by atoms with Crippen molar-refractivity contribution in [2.75, 3.05) is 16.2 Å². The zero-order chi connectivity index (χ0) is 15.7. The second-order valence-electron chi connectivity index (χ2n) is 5.20. The lowest BCUT2D eigenvalue weighted by atomic mass is 10.1. The quantitative estimate of drug-likeness (QED) is 0.808. The van der Waals surface area contributed by atoms with Crippen molar-refractivity contribution in [3.63, 3.8) is 0 Å². The van der Waals surface area contributed by atoms with Crippen LogP contribution in [0.25, 0.3) is 0 Å². The van der Waals surface area contributed by atoms with Crippen LogP contribution in [-0.4, -0.2) is 38.7 Å². The van der Waals surface area contributed by atoms with E-state index < -0.39 is 25.1 Å². The van der Waals surface area contributed by atoms with Gasteiger partial charge in [0, 0.05) is 0 Å². The van der Waals surface area contributed by atoms with E-state index in [1.807, 2.05) is 6.92 Å². The fourth-order valence-corrected chi connectivity index (χ4v) is 5.58. The van der Waals surface area contributed by atoms with Crippen LogP contribution in [0.15, 0.2) is 18.2 Å². The van der Waals surface area contributed by atoms with E-state index in [9.17, 15) is 21.9 Å². The highest BCUT2D eigenvalue weighted by Gasteiger charge is 2.33. The highest BCUT2D eigenvalue weighted by molar-refractivity contribution is 7.94. The van der Waals surface area contributed by atoms with E-state index in [4.69, 9.17) is 0 Å². The number of benzene rings is 1. The first-order chi connectivity index (χ1) is 9.73. The van der Waals surface area contributed by atoms with Crippen molar-refractivity contribution in [1.29, 1.82) is 0 Å². The molecule has 8 heteroatoms. The Morgan fingerprint density at radius 2 is 1.90 bits per heavy atom. The van der Waals surface area contributed by atoms with E-state index in [1.54, 1.807) is 12.1 Å². The standard InChI is InChI=1S/C13H19NO5S2/c1-2-10-3-4-13(15)12(9-10)14-21(18,19)11-5-7-20(16,17)8-6-11/h3-4,9,11,14-15H,2,5-8H2,1H3. The van der Waals surface area contributed by atoms with Crippen LogP contribution in [0.2, 0.25) is 0 Å². The molecule has 1 heterocycles. The van der Waals surface area contributed by atoms with Crippen molar-refractivity contribution >= 4 is 25.5 Å². The van der Waals surface area contributed by atoms with Gasteiger partial charge in [0.05, 0.1) is 22.4 Å². The number of sulfone groups is 1. The minimum absolute atomic E-state index is 0.0892. The van der Waals surface area contributed by atoms with E-state index in [1.165, 1.54) is 6.07 Å². The molecule has 0 amide bonds. The Bertz CT molecular complexity index is 711. The maximum atomic E-state index is 12.3. The van der Waals surface area contributed by atoms with Gasteiger partial charge in [0.25, 0.3) is 0 Å². The number of rotatable bonds is 4. The van der Waals surface area contributed by atoms with Crippen molar-refractivity contribution in [3.05, 3.63) is 23.8 Å². The summed E-state index contributed by atoms with van der Waals surface area (Å²) in [4.78, 5) is 0. The molecule has 0 spiro atoms. The lowest BCUT2D eigenvalue weighted by molar-refractivity contribution is 0.477. The Labute approximate surface area is 125 Å². The molecule has 0 aromatic heterocycles. The summed E-state index contributed by atoms with van der Waals surface area (Å²) in [5, 5.41) is 9.01. The molecule has 6 nitrogen and oxygen atoms in total. The Morgan fingerprint density at radius 3 is 2.48 bits per heavy atom. The topological polar surface area (TPSA) is 101 Å². The summed E-state index contributed by atoms with van der Waals surface area (Å²) >= 11 is 0. The largest absolute Gasteiger partial charge is 0.506 e. The summed E-state index contributed by atoms with van der Waals surface area (Å²) in [6, 6.07) is 4.76. The fraction of sp³-hybridized carbons (Fsp3) is 0.538. The van der Waals surface area contributed by atoms with Crippen LogP contribution in [0.3, 0.4) is 0 Å². The number of hydrogen-bond donors (Lipinski definition) is 2. The predicted octanol–water partition coefficient (Wildman–Crippen LogP) is 1.27. The first-order valence-electron chi connectivity index (χ1n) is 6.77. The van der Waals surface area contributed by atoms with Gasteiger partial charge in [-0.15, -0.1) is 0 Å². The lowest BCUT2D eigenvalue weighted by Gasteiger charge is -2.23. The van der Waals surface area contributed by atoms with Gasteiger partial charge in [-0.1, -0.05) is 13.0 Å². The molecule has 0 atom stereocenters. The normalized spacial score (nSPS) is 19.3. The molecule has 1 fully saturated rings. The highest BCUT2D eigenvalue weighted by atomic mass is 32.2. The van der Waals surface area contributed by atoms with Crippen LogP contribution in [0.4, 0.5) is 5.69 Å². The number of hydrogen-bond acceptors (Lipinski definition) is 5. The average molecular weight is 333 g/mol. The number of sulfonamides is 1. The van der Waals surface area contributed by atoms with Gasteiger partial charge in [-0.3, -0.25) is 4.72 Å². The maximum Gasteiger partial charge on any atom is 0.235 e. The van der Waals surface area contributed by atoms with Crippen LogP contribution in [0.1, 0.15) is 25.3 Å². The molecule has 0 bridgehead atoms. The van der Waals surface area contributed by atoms with Crippen LogP contribution in [0.5, 0.6) is 5.75 Å². The van der Waals surface area contributed by atoms with Crippen LogP contribution >= 0.6 is 0 Å². The van der Waals surface area contributed by atoms with Crippen molar-refractivity contribution in [2.45, 2.75) is 31.4 Å². The molecule has 1 aliphatic heterocycles. The minimum atomic E-state index is -3.71. The number of nitrogens with one attached hydrogen (secondary N) is 1. The zero-order valence-corrected chi connectivity index (χ0v) is 13.4. The number of aryl methyl sites for hydroxylation is 1. The van der Waals surface area contributed by atoms with Crippen LogP contribution in [0, 0.1) is 0 Å². The Hall–Kier alpha value is -1.28. The average Bonchev–Trinajstić information content (AvgIpc) is 2.40. The molecule has 118 valence electrons. The SMILES string of the molecule is CCc1ccc(O)c(NS(=O)(=O)C2CCS(=O)(=O)CC2)c1. The molecular weight excluding hydrogens is 314 g/mol. The molecule has 21 heavy (non-hydrogen) atoms. The number of phenolic OH excluding ortho intramolecular Hbond substituents is 1. The third kappa shape index (κ3) is 3.88. The molecular formula is C13H19NO5S2. The summed E-state index contributed by atoms with van der Waals surface area (Å²) < 4.78 is 49.7. The van der Waals surface area contributed by atoms with Crippen molar-refractivity contribution in [1.82, 2.24) is 0 Å². The molecule has 2 N–H and O–H groups in total. The maximum absolute atomic E-state index is 12.3. The number of anilines is 1. The van der Waals surface area contributed by atoms with E-state index in [0.717, 1.165) is 12.0 Å². The fourth-order valence-electron chi connectivity index (χ4n) is 2.30. The second-order valence-corrected chi connectivity index (χ2v) is 9.47. The Balaban J connectivity index is 2.18. The molecule has 0 saturated carbocycles. The van der Waals surface area contributed by atoms with E-state index in [2.05, 4.69) is 4.72 Å². The zero-order valence-electron chi connectivity index (χ0n) is 11.7. The van der Waals surface area contributed by atoms with Gasteiger partial charge >= 0.3 is 0 Å². The summed E-state index contributed by atoms with van der Waals surface area (Å²) in [5.41, 5.74) is 1.04. The van der Waals surface area contributed by atoms with Gasteiger partial charge < -0.3 is 5.11 Å². The van der Waals surface area contributed by atoms with Crippen molar-refractivity contribution in [2.24, 2.45) is 0 Å². The van der Waals surface area contributed by atoms with E-state index >= 15 is 0 Å². The molecule has 0 unspecified atom stereocenters. The number of aromatic hydroxyl groups is 1. The van der Waals surface area contributed by atoms with Crippen molar-refractivity contribution in [3.8, 4) is 5.75 Å². The summed E-state index contributed by atoms with van der Waals surface area (Å²) in [7, 11) is -6.82. The van der Waals surface area contributed by atoms with Crippen LogP contribution in [-0.2, 0) is 26.3 Å². The van der Waals surface area contributed by atoms with Gasteiger partial charge in [0.15, 0.2) is 0 Å². The molecule has 1 aliphatic rings. The molecule has 2 rings (SSSR count). The molecule has 0 aliphatic carbocycles. The molecule has 0 radical (unpaired) electrons. The molecule has 1 saturated heterocycles. The Morgan fingerprint density at radius 1 is 1.29 bits per heavy atom. The molecule has 1 aromatic carbocycles. The Kier molecular flexibility index (Phi) is 4.48. The number of phenols is 1. The molecule has 1 aromatic rings. The van der Waals surface area contributed by atoms with Gasteiger partial charge in [-0.2, -0.15) is 0 Å². The third-order valence-corrected chi connectivity index (χ3v) is 7.23. The van der Waals surface area contributed by atoms with Gasteiger partial charge in [0.2, 0.25) is 10.0 Å². The van der Waals surface area contributed by atoms with Gasteiger partial charge in [-0.25, -0.2) is 16.8 Å². The first-order valence-corrected chi connectivity index (χ1v) is 10.1. The predicted molar refractivity (Wildman–Crippen MR) is 81.7 cm³/mol. The smallest absolute Gasteiger partial charge is 0.235 e. The van der Waals surface area contributed by atoms with E-state index in [-0.39, 0.29) is 35.8 Å².